The molecule has 7 heteroatoms. The van der Waals surface area contributed by atoms with Gasteiger partial charge in [-0.2, -0.15) is 0 Å². The van der Waals surface area contributed by atoms with E-state index in [-0.39, 0.29) is 17.8 Å². The summed E-state index contributed by atoms with van der Waals surface area (Å²) in [4.78, 5) is 19.8. The number of pyridine rings is 1. The van der Waals surface area contributed by atoms with Gasteiger partial charge in [0.15, 0.2) is 0 Å². The lowest BCUT2D eigenvalue weighted by Gasteiger charge is -2.30. The fraction of sp³-hybridized carbons (Fsp3) is 0.385. The van der Waals surface area contributed by atoms with Gasteiger partial charge in [0.05, 0.1) is 11.2 Å². The molecule has 0 spiro atoms. The molecular weight excluding hydrogens is 417 g/mol. The fourth-order valence-corrected chi connectivity index (χ4v) is 5.12. The van der Waals surface area contributed by atoms with Gasteiger partial charge in [-0.1, -0.05) is 6.07 Å². The van der Waals surface area contributed by atoms with Gasteiger partial charge in [0.2, 0.25) is 0 Å². The Morgan fingerprint density at radius 3 is 2.85 bits per heavy atom. The molecule has 2 N–H and O–H groups in total. The van der Waals surface area contributed by atoms with E-state index >= 15 is 0 Å². The Labute approximate surface area is 191 Å². The molecule has 1 saturated carbocycles. The second-order valence-corrected chi connectivity index (χ2v) is 9.60. The van der Waals surface area contributed by atoms with E-state index in [1.54, 1.807) is 6.07 Å². The lowest BCUT2D eigenvalue weighted by atomic mass is 10.1. The molecule has 6 nitrogen and oxygen atoms in total. The van der Waals surface area contributed by atoms with Gasteiger partial charge < -0.3 is 19.6 Å². The van der Waals surface area contributed by atoms with E-state index in [0.29, 0.717) is 23.4 Å². The molecule has 1 unspecified atom stereocenters. The number of rotatable bonds is 4. The van der Waals surface area contributed by atoms with Crippen LogP contribution in [0.4, 0.5) is 4.39 Å². The summed E-state index contributed by atoms with van der Waals surface area (Å²) in [5, 5.41) is 0.627. The maximum Gasteiger partial charge on any atom is 0.254 e. The molecule has 1 amide bonds. The normalized spacial score (nSPS) is 19.0. The minimum absolute atomic E-state index is 0.000212. The highest BCUT2D eigenvalue weighted by molar-refractivity contribution is 5.95. The number of hydrogen-bond donors (Lipinski definition) is 1. The third-order valence-corrected chi connectivity index (χ3v) is 7.13. The number of amides is 1. The molecule has 4 aromatic rings. The van der Waals surface area contributed by atoms with Crippen LogP contribution in [0.15, 0.2) is 42.6 Å². The minimum atomic E-state index is -0.211. The largest absolute Gasteiger partial charge is 0.339 e. The highest BCUT2D eigenvalue weighted by Gasteiger charge is 2.27. The topological polar surface area (TPSA) is 68.6 Å². The number of carbonyl (C=O) groups is 1. The van der Waals surface area contributed by atoms with E-state index in [1.165, 1.54) is 18.9 Å². The smallest absolute Gasteiger partial charge is 0.254 e. The molecule has 33 heavy (non-hydrogen) atoms. The van der Waals surface area contributed by atoms with Gasteiger partial charge in [-0.15, -0.1) is 0 Å². The Hall–Kier alpha value is -3.19. The van der Waals surface area contributed by atoms with E-state index in [9.17, 15) is 9.18 Å². The number of piperidine rings is 1. The predicted octanol–water partition coefficient (Wildman–Crippen LogP) is 4.38. The maximum absolute atomic E-state index is 14.6. The van der Waals surface area contributed by atoms with Crippen molar-refractivity contribution in [1.29, 1.82) is 0 Å². The average Bonchev–Trinajstić information content (AvgIpc) is 3.48. The van der Waals surface area contributed by atoms with Crippen molar-refractivity contribution in [3.63, 3.8) is 0 Å². The molecule has 1 aliphatic carbocycles. The molecule has 1 aliphatic heterocycles. The van der Waals surface area contributed by atoms with Crippen molar-refractivity contribution < 1.29 is 9.18 Å². The molecule has 1 atom stereocenters. The standard InChI is InChI=1S/C26H28FN5O/c1-16-25(23-13-20-21(27)5-2-6-22(20)32(23)14-17-7-8-17)29-24-12-18(9-11-31(16)24)26(33)30-10-3-4-19(28)15-30/h2,5-6,9,11-13,17,19H,3-4,7-8,10,14-15,28H2,1H3. The number of halogens is 1. The Morgan fingerprint density at radius 1 is 1.21 bits per heavy atom. The number of imidazole rings is 1. The average molecular weight is 446 g/mol. The predicted molar refractivity (Wildman–Crippen MR) is 127 cm³/mol. The van der Waals surface area contributed by atoms with E-state index < -0.39 is 0 Å². The number of nitrogens with two attached hydrogens (primary N) is 1. The lowest BCUT2D eigenvalue weighted by molar-refractivity contribution is 0.0709. The molecule has 0 radical (unpaired) electrons. The summed E-state index contributed by atoms with van der Waals surface area (Å²) in [6.45, 7) is 4.23. The number of aryl methyl sites for hydroxylation is 1. The van der Waals surface area contributed by atoms with Gasteiger partial charge in [0.25, 0.3) is 5.91 Å². The van der Waals surface area contributed by atoms with E-state index in [1.807, 2.05) is 46.7 Å². The van der Waals surface area contributed by atoms with Gasteiger partial charge >= 0.3 is 0 Å². The first kappa shape index (κ1) is 20.4. The quantitative estimate of drug-likeness (QED) is 0.507. The van der Waals surface area contributed by atoms with Gasteiger partial charge in [0, 0.05) is 48.5 Å². The first-order valence-electron chi connectivity index (χ1n) is 11.8. The maximum atomic E-state index is 14.6. The molecule has 170 valence electrons. The second kappa shape index (κ2) is 7.70. The number of likely N-dealkylation sites (tertiary alicyclic amines) is 1. The molecule has 2 aliphatic rings. The molecule has 0 bridgehead atoms. The number of nitrogens with zero attached hydrogens (tertiary/aromatic N) is 4. The first-order valence-corrected chi connectivity index (χ1v) is 11.8. The third kappa shape index (κ3) is 3.51. The van der Waals surface area contributed by atoms with Crippen LogP contribution in [0.2, 0.25) is 0 Å². The van der Waals surface area contributed by atoms with Crippen molar-refractivity contribution in [3.05, 3.63) is 59.7 Å². The molecule has 1 saturated heterocycles. The van der Waals surface area contributed by atoms with E-state index in [2.05, 4.69) is 4.57 Å². The van der Waals surface area contributed by atoms with Crippen molar-refractivity contribution in [1.82, 2.24) is 18.9 Å². The third-order valence-electron chi connectivity index (χ3n) is 7.13. The minimum Gasteiger partial charge on any atom is -0.339 e. The molecule has 3 aromatic heterocycles. The van der Waals surface area contributed by atoms with Gasteiger partial charge in [-0.05, 0) is 68.9 Å². The zero-order valence-electron chi connectivity index (χ0n) is 18.8. The van der Waals surface area contributed by atoms with Crippen molar-refractivity contribution in [2.75, 3.05) is 13.1 Å². The van der Waals surface area contributed by atoms with Crippen LogP contribution in [0.25, 0.3) is 27.9 Å². The molecule has 2 fully saturated rings. The Morgan fingerprint density at radius 2 is 2.06 bits per heavy atom. The Balaban J connectivity index is 1.43. The highest BCUT2D eigenvalue weighted by atomic mass is 19.1. The molecule has 1 aromatic carbocycles. The number of hydrogen-bond acceptors (Lipinski definition) is 3. The van der Waals surface area contributed by atoms with Gasteiger partial charge in [0.1, 0.15) is 17.2 Å². The Kier molecular flexibility index (Phi) is 4.76. The van der Waals surface area contributed by atoms with Crippen LogP contribution in [0.1, 0.15) is 41.7 Å². The van der Waals surface area contributed by atoms with Crippen molar-refractivity contribution in [3.8, 4) is 11.4 Å². The van der Waals surface area contributed by atoms with Crippen molar-refractivity contribution in [2.45, 2.75) is 45.2 Å². The number of aromatic nitrogens is 3. The summed E-state index contributed by atoms with van der Waals surface area (Å²) in [7, 11) is 0. The number of carbonyl (C=O) groups excluding carboxylic acids is 1. The number of benzene rings is 1. The van der Waals surface area contributed by atoms with Crippen LogP contribution in [0.5, 0.6) is 0 Å². The van der Waals surface area contributed by atoms with Crippen LogP contribution in [-0.4, -0.2) is 43.9 Å². The molecule has 6 rings (SSSR count). The number of fused-ring (bicyclic) bond motifs is 2. The van der Waals surface area contributed by atoms with Gasteiger partial charge in [-0.3, -0.25) is 4.79 Å². The van der Waals surface area contributed by atoms with Crippen molar-refractivity contribution >= 4 is 22.5 Å². The second-order valence-electron chi connectivity index (χ2n) is 9.60. The van der Waals surface area contributed by atoms with Crippen LogP contribution < -0.4 is 5.73 Å². The summed E-state index contributed by atoms with van der Waals surface area (Å²) < 4.78 is 18.8. The molecular formula is C26H28FN5O. The summed E-state index contributed by atoms with van der Waals surface area (Å²) in [6, 6.07) is 10.9. The van der Waals surface area contributed by atoms with E-state index in [4.69, 9.17) is 10.7 Å². The van der Waals surface area contributed by atoms with Gasteiger partial charge in [-0.25, -0.2) is 9.37 Å². The van der Waals surface area contributed by atoms with Crippen LogP contribution in [0, 0.1) is 18.7 Å². The van der Waals surface area contributed by atoms with Crippen LogP contribution >= 0.6 is 0 Å². The van der Waals surface area contributed by atoms with Crippen molar-refractivity contribution in [2.24, 2.45) is 11.7 Å². The molecule has 4 heterocycles. The zero-order chi connectivity index (χ0) is 22.7. The Bertz CT molecular complexity index is 1380. The summed E-state index contributed by atoms with van der Waals surface area (Å²) in [6.07, 6.45) is 6.23. The SMILES string of the molecule is Cc1c(-c2cc3c(F)cccc3n2CC2CC2)nc2cc(C(=O)N3CCCC(N)C3)ccn12. The first-order chi connectivity index (χ1) is 16.0. The van der Waals surface area contributed by atoms with Crippen LogP contribution in [0.3, 0.4) is 0 Å². The fourth-order valence-electron chi connectivity index (χ4n) is 5.12. The van der Waals surface area contributed by atoms with E-state index in [0.717, 1.165) is 54.2 Å². The van der Waals surface area contributed by atoms with Crippen LogP contribution in [-0.2, 0) is 6.54 Å². The highest BCUT2D eigenvalue weighted by Crippen LogP contribution is 2.37. The lowest BCUT2D eigenvalue weighted by Crippen LogP contribution is -2.45. The monoisotopic (exact) mass is 445 g/mol. The summed E-state index contributed by atoms with van der Waals surface area (Å²) >= 11 is 0. The zero-order valence-corrected chi connectivity index (χ0v) is 18.8. The summed E-state index contributed by atoms with van der Waals surface area (Å²) in [5.41, 5.74) is 11.1. The summed E-state index contributed by atoms with van der Waals surface area (Å²) in [5.74, 6) is 0.428.